The monoisotopic (exact) mass is 377 g/mol. The highest BCUT2D eigenvalue weighted by Gasteiger charge is 2.51. The van der Waals surface area contributed by atoms with Crippen molar-refractivity contribution in [3.8, 4) is 6.07 Å². The van der Waals surface area contributed by atoms with Gasteiger partial charge >= 0.3 is 7.12 Å². The minimum absolute atomic E-state index is 0.336. The first-order chi connectivity index (χ1) is 13.0. The molecule has 0 atom stereocenters. The van der Waals surface area contributed by atoms with E-state index < -0.39 is 5.41 Å². The second-order valence-corrected chi connectivity index (χ2v) is 8.85. The Morgan fingerprint density at radius 2 is 1.64 bits per heavy atom. The average Bonchev–Trinajstić information content (AvgIpc) is 2.88. The minimum Gasteiger partial charge on any atom is -0.399 e. The van der Waals surface area contributed by atoms with Crippen molar-refractivity contribution in [2.24, 2.45) is 0 Å². The van der Waals surface area contributed by atoms with Gasteiger partial charge in [0.1, 0.15) is 0 Å². The van der Waals surface area contributed by atoms with E-state index in [9.17, 15) is 5.26 Å². The molecule has 1 fully saturated rings. The van der Waals surface area contributed by atoms with Crippen molar-refractivity contribution in [1.82, 2.24) is 4.98 Å². The molecular formula is C22H28BN3O2. The second kappa shape index (κ2) is 7.23. The molecule has 28 heavy (non-hydrogen) atoms. The Bertz CT molecular complexity index is 852. The first kappa shape index (κ1) is 20.4. The van der Waals surface area contributed by atoms with E-state index in [4.69, 9.17) is 9.31 Å². The van der Waals surface area contributed by atoms with Gasteiger partial charge in [0, 0.05) is 6.54 Å². The first-order valence-corrected chi connectivity index (χ1v) is 9.60. The molecule has 1 aromatic heterocycles. The van der Waals surface area contributed by atoms with Crippen molar-refractivity contribution in [2.75, 3.05) is 5.32 Å². The molecule has 6 heteroatoms. The third-order valence-electron chi connectivity index (χ3n) is 5.69. The summed E-state index contributed by atoms with van der Waals surface area (Å²) in [4.78, 5) is 4.41. The highest BCUT2D eigenvalue weighted by molar-refractivity contribution is 6.62. The van der Waals surface area contributed by atoms with E-state index in [0.29, 0.717) is 6.54 Å². The molecule has 1 N–H and O–H groups in total. The molecule has 0 saturated carbocycles. The summed E-state index contributed by atoms with van der Waals surface area (Å²) in [7, 11) is -0.341. The van der Waals surface area contributed by atoms with E-state index in [1.54, 1.807) is 6.20 Å². The number of hydrogen-bond donors (Lipinski definition) is 1. The fraction of sp³-hybridized carbons (Fsp3) is 0.455. The molecule has 146 valence electrons. The van der Waals surface area contributed by atoms with Crippen molar-refractivity contribution < 1.29 is 9.31 Å². The maximum absolute atomic E-state index is 9.20. The zero-order valence-electron chi connectivity index (χ0n) is 17.5. The van der Waals surface area contributed by atoms with E-state index in [2.05, 4.69) is 68.3 Å². The molecule has 1 saturated heterocycles. The fourth-order valence-corrected chi connectivity index (χ4v) is 2.90. The predicted molar refractivity (Wildman–Crippen MR) is 112 cm³/mol. The van der Waals surface area contributed by atoms with Gasteiger partial charge in [-0.15, -0.1) is 0 Å². The Labute approximate surface area is 168 Å². The number of nitrogens with one attached hydrogen (secondary N) is 1. The molecule has 0 spiro atoms. The molecule has 1 aliphatic rings. The van der Waals surface area contributed by atoms with E-state index >= 15 is 0 Å². The van der Waals surface area contributed by atoms with Crippen LogP contribution >= 0.6 is 0 Å². The van der Waals surface area contributed by atoms with Crippen LogP contribution in [0.5, 0.6) is 0 Å². The van der Waals surface area contributed by atoms with Crippen LogP contribution in [-0.4, -0.2) is 23.3 Å². The second-order valence-electron chi connectivity index (χ2n) is 8.85. The van der Waals surface area contributed by atoms with Crippen molar-refractivity contribution in [3.05, 3.63) is 53.9 Å². The molecule has 1 aliphatic heterocycles. The average molecular weight is 377 g/mol. The molecule has 0 radical (unpaired) electrons. The summed E-state index contributed by atoms with van der Waals surface area (Å²) in [6.45, 7) is 12.6. The number of anilines is 1. The van der Waals surface area contributed by atoms with E-state index in [0.717, 1.165) is 22.4 Å². The van der Waals surface area contributed by atoms with Crippen LogP contribution in [0, 0.1) is 11.3 Å². The topological polar surface area (TPSA) is 67.2 Å². The van der Waals surface area contributed by atoms with Crippen LogP contribution < -0.4 is 10.8 Å². The van der Waals surface area contributed by atoms with Crippen molar-refractivity contribution in [3.63, 3.8) is 0 Å². The predicted octanol–water partition coefficient (Wildman–Crippen LogP) is 3.79. The lowest BCUT2D eigenvalue weighted by Gasteiger charge is -2.32. The Morgan fingerprint density at radius 3 is 2.14 bits per heavy atom. The number of rotatable bonds is 5. The normalized spacial score (nSPS) is 18.0. The van der Waals surface area contributed by atoms with Crippen molar-refractivity contribution in [1.29, 1.82) is 5.26 Å². The maximum Gasteiger partial charge on any atom is 0.494 e. The standard InChI is InChI=1S/C22H28BN3O2/c1-20(2,15-24)19-12-11-18(14-26-19)25-13-16-7-9-17(10-8-16)23-27-21(3,4)22(5,6)28-23/h7-12,14,25H,13H2,1-6H3. The van der Waals surface area contributed by atoms with E-state index in [-0.39, 0.29) is 18.3 Å². The van der Waals surface area contributed by atoms with Crippen LogP contribution in [0.2, 0.25) is 0 Å². The number of pyridine rings is 1. The van der Waals surface area contributed by atoms with Gasteiger partial charge in [0.2, 0.25) is 0 Å². The molecule has 3 rings (SSSR count). The summed E-state index contributed by atoms with van der Waals surface area (Å²) >= 11 is 0. The lowest BCUT2D eigenvalue weighted by Crippen LogP contribution is -2.41. The van der Waals surface area contributed by atoms with Crippen LogP contribution in [-0.2, 0) is 21.3 Å². The lowest BCUT2D eigenvalue weighted by atomic mass is 9.79. The quantitative estimate of drug-likeness (QED) is 0.803. The van der Waals surface area contributed by atoms with Gasteiger partial charge in [-0.2, -0.15) is 5.26 Å². The van der Waals surface area contributed by atoms with Gasteiger partial charge in [-0.05, 0) is 64.7 Å². The minimum atomic E-state index is -0.581. The summed E-state index contributed by atoms with van der Waals surface area (Å²) in [5, 5.41) is 12.6. The van der Waals surface area contributed by atoms with Gasteiger partial charge in [-0.3, -0.25) is 4.98 Å². The number of benzene rings is 1. The van der Waals surface area contributed by atoms with Gasteiger partial charge in [-0.1, -0.05) is 24.3 Å². The number of nitrogens with zero attached hydrogens (tertiary/aromatic N) is 2. The Kier molecular flexibility index (Phi) is 5.27. The maximum atomic E-state index is 9.20. The SMILES string of the molecule is CC(C)(C#N)c1ccc(NCc2ccc(B3OC(C)(C)C(C)(C)O3)cc2)cn1. The number of aromatic nitrogens is 1. The molecule has 0 unspecified atom stereocenters. The third kappa shape index (κ3) is 4.06. The fourth-order valence-electron chi connectivity index (χ4n) is 2.90. The van der Waals surface area contributed by atoms with Gasteiger partial charge in [0.15, 0.2) is 0 Å². The van der Waals surface area contributed by atoms with Gasteiger partial charge in [-0.25, -0.2) is 0 Å². The van der Waals surface area contributed by atoms with Crippen molar-refractivity contribution >= 4 is 18.3 Å². The highest BCUT2D eigenvalue weighted by Crippen LogP contribution is 2.36. The summed E-state index contributed by atoms with van der Waals surface area (Å²) in [6.07, 6.45) is 1.77. The van der Waals surface area contributed by atoms with E-state index in [1.165, 1.54) is 0 Å². The van der Waals surface area contributed by atoms with Crippen LogP contribution in [0.4, 0.5) is 5.69 Å². The molecule has 0 bridgehead atoms. The summed E-state index contributed by atoms with van der Waals surface area (Å²) < 4.78 is 12.2. The zero-order chi connectivity index (χ0) is 20.6. The number of hydrogen-bond acceptors (Lipinski definition) is 5. The Balaban J connectivity index is 1.61. The Hall–Kier alpha value is -2.36. The molecular weight excluding hydrogens is 349 g/mol. The zero-order valence-corrected chi connectivity index (χ0v) is 17.5. The molecule has 5 nitrogen and oxygen atoms in total. The van der Waals surface area contributed by atoms with Crippen LogP contribution in [0.25, 0.3) is 0 Å². The summed E-state index contributed by atoms with van der Waals surface area (Å²) in [5.41, 5.74) is 2.62. The largest absolute Gasteiger partial charge is 0.494 e. The van der Waals surface area contributed by atoms with Crippen LogP contribution in [0.1, 0.15) is 52.8 Å². The summed E-state index contributed by atoms with van der Waals surface area (Å²) in [5.74, 6) is 0. The molecule has 2 aromatic rings. The van der Waals surface area contributed by atoms with Gasteiger partial charge in [0.25, 0.3) is 0 Å². The van der Waals surface area contributed by atoms with Crippen molar-refractivity contribution in [2.45, 2.75) is 64.7 Å². The van der Waals surface area contributed by atoms with Gasteiger partial charge in [0.05, 0.1) is 40.3 Å². The van der Waals surface area contributed by atoms with Gasteiger partial charge < -0.3 is 14.6 Å². The highest BCUT2D eigenvalue weighted by atomic mass is 16.7. The number of nitriles is 1. The molecule has 0 amide bonds. The molecule has 1 aromatic carbocycles. The molecule has 0 aliphatic carbocycles. The lowest BCUT2D eigenvalue weighted by molar-refractivity contribution is 0.00578. The van der Waals surface area contributed by atoms with E-state index in [1.807, 2.05) is 26.0 Å². The summed E-state index contributed by atoms with van der Waals surface area (Å²) in [6, 6.07) is 14.4. The smallest absolute Gasteiger partial charge is 0.399 e. The van der Waals surface area contributed by atoms with Crippen LogP contribution in [0.15, 0.2) is 42.6 Å². The van der Waals surface area contributed by atoms with Crippen LogP contribution in [0.3, 0.4) is 0 Å². The third-order valence-corrected chi connectivity index (χ3v) is 5.69. The first-order valence-electron chi connectivity index (χ1n) is 9.60. The molecule has 2 heterocycles. The Morgan fingerprint density at radius 1 is 1.04 bits per heavy atom.